The van der Waals surface area contributed by atoms with Gasteiger partial charge in [0, 0.05) is 24.7 Å². The number of anilines is 1. The summed E-state index contributed by atoms with van der Waals surface area (Å²) in [7, 11) is 0. The molecule has 0 bridgehead atoms. The smallest absolute Gasteiger partial charge is 0.410 e. The van der Waals surface area contributed by atoms with Crippen molar-refractivity contribution in [2.45, 2.75) is 52.1 Å². The zero-order valence-electron chi connectivity index (χ0n) is 13.5. The van der Waals surface area contributed by atoms with Crippen molar-refractivity contribution in [1.29, 1.82) is 0 Å². The Bertz CT molecular complexity index is 520. The van der Waals surface area contributed by atoms with Crippen molar-refractivity contribution >= 4 is 11.8 Å². The van der Waals surface area contributed by atoms with Crippen LogP contribution in [0.5, 0.6) is 0 Å². The van der Waals surface area contributed by atoms with E-state index in [-0.39, 0.29) is 6.09 Å². The average molecular weight is 290 g/mol. The van der Waals surface area contributed by atoms with Gasteiger partial charge in [0.25, 0.3) is 0 Å². The lowest BCUT2D eigenvalue weighted by Crippen LogP contribution is -2.35. The van der Waals surface area contributed by atoms with Crippen LogP contribution in [0.4, 0.5) is 10.5 Å². The summed E-state index contributed by atoms with van der Waals surface area (Å²) in [5.74, 6) is 0.378. The van der Waals surface area contributed by atoms with Gasteiger partial charge in [-0.2, -0.15) is 0 Å². The predicted molar refractivity (Wildman–Crippen MR) is 85.4 cm³/mol. The Hall–Kier alpha value is -1.71. The van der Waals surface area contributed by atoms with Crippen LogP contribution in [-0.2, 0) is 11.2 Å². The summed E-state index contributed by atoms with van der Waals surface area (Å²) in [6.45, 7) is 9.27. The number of nitrogens with zero attached hydrogens (tertiary/aromatic N) is 1. The van der Waals surface area contributed by atoms with Crippen LogP contribution >= 0.6 is 0 Å². The number of amides is 1. The summed E-state index contributed by atoms with van der Waals surface area (Å²) in [6.07, 6.45) is 1.70. The number of ether oxygens (including phenoxy) is 1. The highest BCUT2D eigenvalue weighted by Gasteiger charge is 2.30. The highest BCUT2D eigenvalue weighted by Crippen LogP contribution is 2.30. The Morgan fingerprint density at radius 2 is 2.14 bits per heavy atom. The van der Waals surface area contributed by atoms with Crippen LogP contribution in [-0.4, -0.2) is 29.7 Å². The minimum atomic E-state index is -0.439. The number of hydrogen-bond acceptors (Lipinski definition) is 3. The normalized spacial score (nSPS) is 18.9. The first-order chi connectivity index (χ1) is 9.80. The Labute approximate surface area is 127 Å². The van der Waals surface area contributed by atoms with Crippen molar-refractivity contribution in [3.8, 4) is 0 Å². The van der Waals surface area contributed by atoms with Crippen LogP contribution in [0.2, 0.25) is 0 Å². The second-order valence-electron chi connectivity index (χ2n) is 6.72. The van der Waals surface area contributed by atoms with Crippen molar-refractivity contribution in [2.75, 3.05) is 18.8 Å². The number of carbonyl (C=O) groups is 1. The third-order valence-corrected chi connectivity index (χ3v) is 3.86. The van der Waals surface area contributed by atoms with Crippen molar-refractivity contribution in [3.63, 3.8) is 0 Å². The zero-order valence-corrected chi connectivity index (χ0v) is 13.5. The van der Waals surface area contributed by atoms with Gasteiger partial charge in [-0.3, -0.25) is 0 Å². The van der Waals surface area contributed by atoms with E-state index in [4.69, 9.17) is 10.5 Å². The summed E-state index contributed by atoms with van der Waals surface area (Å²) in [5.41, 5.74) is 8.82. The van der Waals surface area contributed by atoms with Gasteiger partial charge in [-0.15, -0.1) is 0 Å². The Kier molecular flexibility index (Phi) is 4.45. The molecule has 1 aromatic carbocycles. The number of benzene rings is 1. The molecule has 1 heterocycles. The van der Waals surface area contributed by atoms with E-state index in [1.54, 1.807) is 4.90 Å². The van der Waals surface area contributed by atoms with Crippen LogP contribution in [0.3, 0.4) is 0 Å². The monoisotopic (exact) mass is 290 g/mol. The standard InChI is InChI=1S/C17H26N2O2/c1-5-12-10-13(6-7-15(12)18)14-8-9-19(11-14)16(20)21-17(2,3)4/h6-7,10,14H,5,8-9,11,18H2,1-4H3. The number of aryl methyl sites for hydroxylation is 1. The lowest BCUT2D eigenvalue weighted by Gasteiger charge is -2.24. The lowest BCUT2D eigenvalue weighted by molar-refractivity contribution is 0.0292. The van der Waals surface area contributed by atoms with Gasteiger partial charge in [0.2, 0.25) is 0 Å². The van der Waals surface area contributed by atoms with Gasteiger partial charge in [-0.05, 0) is 50.8 Å². The molecule has 1 unspecified atom stereocenters. The fourth-order valence-corrected chi connectivity index (χ4v) is 2.71. The molecular formula is C17H26N2O2. The summed E-state index contributed by atoms with van der Waals surface area (Å²) in [4.78, 5) is 13.9. The van der Waals surface area contributed by atoms with Crippen molar-refractivity contribution in [3.05, 3.63) is 29.3 Å². The van der Waals surface area contributed by atoms with Gasteiger partial charge in [0.05, 0.1) is 0 Å². The van der Waals surface area contributed by atoms with Crippen LogP contribution in [0.25, 0.3) is 0 Å². The maximum Gasteiger partial charge on any atom is 0.410 e. The molecule has 1 amide bonds. The van der Waals surface area contributed by atoms with E-state index < -0.39 is 5.60 Å². The summed E-state index contributed by atoms with van der Waals surface area (Å²) in [6, 6.07) is 6.24. The summed E-state index contributed by atoms with van der Waals surface area (Å²) < 4.78 is 5.44. The minimum absolute atomic E-state index is 0.212. The third-order valence-electron chi connectivity index (χ3n) is 3.86. The average Bonchev–Trinajstić information content (AvgIpc) is 2.87. The first kappa shape index (κ1) is 15.7. The Morgan fingerprint density at radius 3 is 2.76 bits per heavy atom. The van der Waals surface area contributed by atoms with Crippen LogP contribution in [0, 0.1) is 0 Å². The third kappa shape index (κ3) is 3.90. The van der Waals surface area contributed by atoms with Gasteiger partial charge in [0.15, 0.2) is 0 Å². The number of rotatable bonds is 2. The van der Waals surface area contributed by atoms with Crippen LogP contribution in [0.15, 0.2) is 18.2 Å². The number of nitrogens with two attached hydrogens (primary N) is 1. The van der Waals surface area contributed by atoms with E-state index in [0.717, 1.165) is 31.6 Å². The molecule has 116 valence electrons. The summed E-state index contributed by atoms with van der Waals surface area (Å²) in [5, 5.41) is 0. The van der Waals surface area contributed by atoms with Gasteiger partial charge in [-0.1, -0.05) is 19.1 Å². The zero-order chi connectivity index (χ0) is 15.6. The van der Waals surface area contributed by atoms with Gasteiger partial charge >= 0.3 is 6.09 Å². The number of hydrogen-bond donors (Lipinski definition) is 1. The molecular weight excluding hydrogens is 264 g/mol. The van der Waals surface area contributed by atoms with Gasteiger partial charge in [0.1, 0.15) is 5.60 Å². The Morgan fingerprint density at radius 1 is 1.43 bits per heavy atom. The highest BCUT2D eigenvalue weighted by atomic mass is 16.6. The molecule has 2 N–H and O–H groups in total. The Balaban J connectivity index is 2.04. The SMILES string of the molecule is CCc1cc(C2CCN(C(=O)OC(C)(C)C)C2)ccc1N. The van der Waals surface area contributed by atoms with E-state index in [1.165, 1.54) is 11.1 Å². The molecule has 21 heavy (non-hydrogen) atoms. The second kappa shape index (κ2) is 5.96. The quantitative estimate of drug-likeness (QED) is 0.847. The predicted octanol–water partition coefficient (Wildman–Crippen LogP) is 3.56. The molecule has 2 rings (SSSR count). The first-order valence-corrected chi connectivity index (χ1v) is 7.66. The number of nitrogen functional groups attached to an aromatic ring is 1. The maximum absolute atomic E-state index is 12.1. The molecule has 0 aliphatic carbocycles. The molecule has 1 fully saturated rings. The molecule has 1 saturated heterocycles. The van der Waals surface area contributed by atoms with E-state index in [2.05, 4.69) is 19.1 Å². The molecule has 0 radical (unpaired) electrons. The van der Waals surface area contributed by atoms with E-state index in [9.17, 15) is 4.79 Å². The van der Waals surface area contributed by atoms with E-state index in [0.29, 0.717) is 5.92 Å². The largest absolute Gasteiger partial charge is 0.444 e. The molecule has 0 aromatic heterocycles. The molecule has 1 atom stereocenters. The van der Waals surface area contributed by atoms with Crippen LogP contribution < -0.4 is 5.73 Å². The molecule has 0 saturated carbocycles. The fraction of sp³-hybridized carbons (Fsp3) is 0.588. The first-order valence-electron chi connectivity index (χ1n) is 7.66. The number of carbonyl (C=O) groups excluding carboxylic acids is 1. The minimum Gasteiger partial charge on any atom is -0.444 e. The molecule has 0 spiro atoms. The van der Waals surface area contributed by atoms with Crippen molar-refractivity contribution in [1.82, 2.24) is 4.90 Å². The topological polar surface area (TPSA) is 55.6 Å². The second-order valence-corrected chi connectivity index (χ2v) is 6.72. The van der Waals surface area contributed by atoms with Crippen molar-refractivity contribution < 1.29 is 9.53 Å². The molecule has 1 aromatic rings. The van der Waals surface area contributed by atoms with Crippen LogP contribution in [0.1, 0.15) is 51.2 Å². The van der Waals surface area contributed by atoms with E-state index in [1.807, 2.05) is 26.8 Å². The molecule has 1 aliphatic rings. The van der Waals surface area contributed by atoms with E-state index >= 15 is 0 Å². The fourth-order valence-electron chi connectivity index (χ4n) is 2.71. The molecule has 1 aliphatic heterocycles. The molecule has 4 nitrogen and oxygen atoms in total. The highest BCUT2D eigenvalue weighted by molar-refractivity contribution is 5.68. The lowest BCUT2D eigenvalue weighted by atomic mass is 9.95. The summed E-state index contributed by atoms with van der Waals surface area (Å²) >= 11 is 0. The van der Waals surface area contributed by atoms with Gasteiger partial charge < -0.3 is 15.4 Å². The van der Waals surface area contributed by atoms with Gasteiger partial charge in [-0.25, -0.2) is 4.79 Å². The maximum atomic E-state index is 12.1. The number of likely N-dealkylation sites (tertiary alicyclic amines) is 1. The van der Waals surface area contributed by atoms with Crippen molar-refractivity contribution in [2.24, 2.45) is 0 Å². The molecule has 4 heteroatoms.